The predicted octanol–water partition coefficient (Wildman–Crippen LogP) is 1.52. The lowest BCUT2D eigenvalue weighted by Gasteiger charge is -1.89. The molecule has 0 amide bonds. The van der Waals surface area contributed by atoms with E-state index in [1.54, 1.807) is 6.08 Å². The number of hydrogen-bond acceptors (Lipinski definition) is 1. The van der Waals surface area contributed by atoms with Crippen LogP contribution in [0.25, 0.3) is 0 Å². The molecule has 0 aromatic heterocycles. The van der Waals surface area contributed by atoms with Crippen molar-refractivity contribution < 1.29 is 4.79 Å². The molecule has 0 aromatic carbocycles. The van der Waals surface area contributed by atoms with E-state index in [0.717, 1.165) is 6.29 Å². The Kier molecular flexibility index (Phi) is 4.00. The van der Waals surface area contributed by atoms with E-state index in [4.69, 9.17) is 0 Å². The van der Waals surface area contributed by atoms with Crippen LogP contribution in [0.2, 0.25) is 0 Å². The van der Waals surface area contributed by atoms with Gasteiger partial charge in [0.2, 0.25) is 0 Å². The Morgan fingerprint density at radius 1 is 1.86 bits per heavy atom. The summed E-state index contributed by atoms with van der Waals surface area (Å²) in [6.45, 7) is 3.46. The average molecular weight is 163 g/mol. The van der Waals surface area contributed by atoms with Crippen molar-refractivity contribution in [1.29, 1.82) is 0 Å². The minimum Gasteiger partial charge on any atom is -0.302 e. The molecule has 0 heterocycles. The summed E-state index contributed by atoms with van der Waals surface area (Å²) in [7, 11) is 0. The normalized spacial score (nSPS) is 12.7. The molecule has 40 valence electrons. The molecule has 0 saturated heterocycles. The second kappa shape index (κ2) is 4.06. The van der Waals surface area contributed by atoms with Crippen LogP contribution in [0.15, 0.2) is 12.7 Å². The minimum atomic E-state index is -0.0370. The van der Waals surface area contributed by atoms with Crippen LogP contribution in [-0.2, 0) is 4.79 Å². The van der Waals surface area contributed by atoms with Gasteiger partial charge in [-0.2, -0.15) is 0 Å². The summed E-state index contributed by atoms with van der Waals surface area (Å²) < 4.78 is 0. The van der Waals surface area contributed by atoms with E-state index in [0.29, 0.717) is 6.42 Å². The van der Waals surface area contributed by atoms with Crippen LogP contribution in [0.5, 0.6) is 0 Å². The first-order valence-electron chi connectivity index (χ1n) is 2.01. The Morgan fingerprint density at radius 2 is 2.43 bits per heavy atom. The number of carbonyl (C=O) groups excluding carboxylic acids is 1. The van der Waals surface area contributed by atoms with Gasteiger partial charge in [0.15, 0.2) is 0 Å². The van der Waals surface area contributed by atoms with E-state index in [9.17, 15) is 4.79 Å². The van der Waals surface area contributed by atoms with Crippen LogP contribution in [0.1, 0.15) is 6.42 Å². The molecule has 0 radical (unpaired) electrons. The van der Waals surface area contributed by atoms with Crippen LogP contribution >= 0.6 is 15.9 Å². The van der Waals surface area contributed by atoms with Gasteiger partial charge in [0.25, 0.3) is 0 Å². The van der Waals surface area contributed by atoms with E-state index in [-0.39, 0.29) is 4.83 Å². The van der Waals surface area contributed by atoms with Crippen molar-refractivity contribution in [2.45, 2.75) is 11.2 Å². The molecular weight excluding hydrogens is 156 g/mol. The Labute approximate surface area is 51.5 Å². The summed E-state index contributed by atoms with van der Waals surface area (Å²) in [6.07, 6.45) is 3.26. The van der Waals surface area contributed by atoms with Gasteiger partial charge < -0.3 is 4.79 Å². The highest BCUT2D eigenvalue weighted by Crippen LogP contribution is 1.99. The lowest BCUT2D eigenvalue weighted by molar-refractivity contribution is -0.107. The van der Waals surface area contributed by atoms with Crippen molar-refractivity contribution >= 4 is 22.2 Å². The van der Waals surface area contributed by atoms with Gasteiger partial charge in [-0.15, -0.1) is 6.58 Å². The molecular formula is C5H7BrO. The molecule has 0 saturated carbocycles. The van der Waals surface area contributed by atoms with Crippen LogP contribution in [0.3, 0.4) is 0 Å². The molecule has 0 aromatic rings. The smallest absolute Gasteiger partial charge is 0.133 e. The Hall–Kier alpha value is -0.110. The average Bonchev–Trinajstić information content (AvgIpc) is 1.68. The van der Waals surface area contributed by atoms with Gasteiger partial charge in [-0.05, 0) is 6.42 Å². The van der Waals surface area contributed by atoms with Crippen molar-refractivity contribution in [2.75, 3.05) is 0 Å². The van der Waals surface area contributed by atoms with Gasteiger partial charge in [0.1, 0.15) is 6.29 Å². The van der Waals surface area contributed by atoms with Crippen molar-refractivity contribution in [3.63, 3.8) is 0 Å². The van der Waals surface area contributed by atoms with E-state index >= 15 is 0 Å². The van der Waals surface area contributed by atoms with E-state index in [1.807, 2.05) is 0 Å². The Bertz CT molecular complexity index is 70.5. The quantitative estimate of drug-likeness (QED) is 0.350. The SMILES string of the molecule is C=CC[C@H](Br)C=O. The van der Waals surface area contributed by atoms with Crippen LogP contribution in [0, 0.1) is 0 Å². The maximum absolute atomic E-state index is 9.80. The van der Waals surface area contributed by atoms with Crippen LogP contribution in [-0.4, -0.2) is 11.1 Å². The topological polar surface area (TPSA) is 17.1 Å². The molecule has 1 nitrogen and oxygen atoms in total. The van der Waals surface area contributed by atoms with Gasteiger partial charge in [-0.25, -0.2) is 0 Å². The zero-order chi connectivity index (χ0) is 5.70. The predicted molar refractivity (Wildman–Crippen MR) is 33.6 cm³/mol. The van der Waals surface area contributed by atoms with Gasteiger partial charge in [-0.3, -0.25) is 0 Å². The number of hydrogen-bond donors (Lipinski definition) is 0. The van der Waals surface area contributed by atoms with Crippen LogP contribution in [0.4, 0.5) is 0 Å². The fraction of sp³-hybridized carbons (Fsp3) is 0.400. The molecule has 2 heteroatoms. The number of allylic oxidation sites excluding steroid dienone is 1. The van der Waals surface area contributed by atoms with Crippen molar-refractivity contribution in [1.82, 2.24) is 0 Å². The lowest BCUT2D eigenvalue weighted by Crippen LogP contribution is -1.94. The molecule has 0 unspecified atom stereocenters. The van der Waals surface area contributed by atoms with Crippen LogP contribution < -0.4 is 0 Å². The number of rotatable bonds is 3. The van der Waals surface area contributed by atoms with Crippen molar-refractivity contribution in [3.05, 3.63) is 12.7 Å². The van der Waals surface area contributed by atoms with E-state index in [1.165, 1.54) is 0 Å². The summed E-state index contributed by atoms with van der Waals surface area (Å²) in [5.41, 5.74) is 0. The summed E-state index contributed by atoms with van der Waals surface area (Å²) >= 11 is 3.10. The molecule has 0 rings (SSSR count). The summed E-state index contributed by atoms with van der Waals surface area (Å²) in [6, 6.07) is 0. The highest BCUT2D eigenvalue weighted by molar-refractivity contribution is 9.09. The standard InChI is InChI=1S/C5H7BrO/c1-2-3-5(6)4-7/h2,4-5H,1,3H2/t5-/m0/s1. The van der Waals surface area contributed by atoms with Crippen molar-refractivity contribution in [3.8, 4) is 0 Å². The molecule has 0 N–H and O–H groups in total. The second-order valence-corrected chi connectivity index (χ2v) is 2.35. The first-order valence-corrected chi connectivity index (χ1v) is 2.93. The Morgan fingerprint density at radius 3 is 2.57 bits per heavy atom. The largest absolute Gasteiger partial charge is 0.302 e. The van der Waals surface area contributed by atoms with Gasteiger partial charge >= 0.3 is 0 Å². The number of carbonyl (C=O) groups is 1. The monoisotopic (exact) mass is 162 g/mol. The highest BCUT2D eigenvalue weighted by Gasteiger charge is 1.93. The third-order valence-corrected chi connectivity index (χ3v) is 1.13. The zero-order valence-electron chi connectivity index (χ0n) is 3.93. The first kappa shape index (κ1) is 6.89. The number of alkyl halides is 1. The number of halogens is 1. The molecule has 0 fully saturated rings. The second-order valence-electron chi connectivity index (χ2n) is 1.18. The third-order valence-electron chi connectivity index (χ3n) is 0.539. The fourth-order valence-electron chi connectivity index (χ4n) is 0.215. The lowest BCUT2D eigenvalue weighted by atomic mass is 10.3. The summed E-state index contributed by atoms with van der Waals surface area (Å²) in [5.74, 6) is 0. The van der Waals surface area contributed by atoms with Crippen molar-refractivity contribution in [2.24, 2.45) is 0 Å². The van der Waals surface area contributed by atoms with Gasteiger partial charge in [0.05, 0.1) is 4.83 Å². The summed E-state index contributed by atoms with van der Waals surface area (Å²) in [5, 5.41) is 0. The molecule has 1 atom stereocenters. The number of aldehydes is 1. The van der Waals surface area contributed by atoms with E-state index in [2.05, 4.69) is 22.5 Å². The van der Waals surface area contributed by atoms with E-state index < -0.39 is 0 Å². The third kappa shape index (κ3) is 3.73. The molecule has 0 bridgehead atoms. The maximum atomic E-state index is 9.80. The summed E-state index contributed by atoms with van der Waals surface area (Å²) in [4.78, 5) is 9.76. The fourth-order valence-corrected chi connectivity index (χ4v) is 0.479. The maximum Gasteiger partial charge on any atom is 0.133 e. The molecule has 0 aliphatic rings. The molecule has 0 aliphatic carbocycles. The molecule has 7 heavy (non-hydrogen) atoms. The first-order chi connectivity index (χ1) is 3.31. The molecule has 0 spiro atoms. The van der Waals surface area contributed by atoms with Gasteiger partial charge in [0, 0.05) is 0 Å². The molecule has 0 aliphatic heterocycles. The highest BCUT2D eigenvalue weighted by atomic mass is 79.9. The minimum absolute atomic E-state index is 0.0370. The zero-order valence-corrected chi connectivity index (χ0v) is 5.52. The van der Waals surface area contributed by atoms with Gasteiger partial charge in [-0.1, -0.05) is 22.0 Å². The Balaban J connectivity index is 3.15.